The highest BCUT2D eigenvalue weighted by molar-refractivity contribution is 4.43. The Labute approximate surface area is 82.5 Å². The van der Waals surface area contributed by atoms with Gasteiger partial charge in [0, 0.05) is 0 Å². The highest BCUT2D eigenvalue weighted by atomic mass is 79.9. The third-order valence-electron chi connectivity index (χ3n) is 1.96. The van der Waals surface area contributed by atoms with Crippen LogP contribution >= 0.6 is 0 Å². The van der Waals surface area contributed by atoms with Crippen molar-refractivity contribution >= 4 is 0 Å². The molecule has 0 N–H and O–H groups in total. The predicted molar refractivity (Wildman–Crippen MR) is 48.3 cm³/mol. The molecule has 0 saturated carbocycles. The van der Waals surface area contributed by atoms with E-state index < -0.39 is 0 Å². The first kappa shape index (κ1) is 14.0. The van der Waals surface area contributed by atoms with Gasteiger partial charge in [-0.1, -0.05) is 65.2 Å². The molecule has 70 valence electrons. The van der Waals surface area contributed by atoms with Gasteiger partial charge in [-0.2, -0.15) is 0 Å². The minimum absolute atomic E-state index is 0. The molecular weight excluding hydrogens is 200 g/mol. The van der Waals surface area contributed by atoms with Crippen LogP contribution in [0.15, 0.2) is 0 Å². The molecule has 0 unspecified atom stereocenters. The number of halogens is 1. The molecule has 0 aliphatic carbocycles. The van der Waals surface area contributed by atoms with Gasteiger partial charge in [0.1, 0.15) is 0 Å². The molecule has 0 bridgehead atoms. The fourth-order valence-corrected chi connectivity index (χ4v) is 1.21. The van der Waals surface area contributed by atoms with E-state index in [1.165, 1.54) is 51.4 Å². The summed E-state index contributed by atoms with van der Waals surface area (Å²) in [6.07, 6.45) is 11.5. The zero-order chi connectivity index (χ0) is 7.66. The zero-order valence-corrected chi connectivity index (χ0v) is 9.62. The lowest BCUT2D eigenvalue weighted by Gasteiger charge is -1.97. The fourth-order valence-electron chi connectivity index (χ4n) is 1.21. The van der Waals surface area contributed by atoms with Gasteiger partial charge in [-0.25, -0.2) is 0 Å². The van der Waals surface area contributed by atoms with Crippen LogP contribution in [0, 0.1) is 0 Å². The first-order valence-electron chi connectivity index (χ1n) is 4.91. The molecular formula is C10H22Br-. The minimum Gasteiger partial charge on any atom is -1.00 e. The maximum atomic E-state index is 2.27. The van der Waals surface area contributed by atoms with Crippen molar-refractivity contribution in [2.24, 2.45) is 0 Å². The van der Waals surface area contributed by atoms with Crippen molar-refractivity contribution in [3.63, 3.8) is 0 Å². The summed E-state index contributed by atoms with van der Waals surface area (Å²) < 4.78 is 0. The molecule has 0 aliphatic heterocycles. The second kappa shape index (κ2) is 13.1. The van der Waals surface area contributed by atoms with E-state index in [9.17, 15) is 0 Å². The largest absolute Gasteiger partial charge is 1.00 e. The van der Waals surface area contributed by atoms with E-state index in [0.717, 1.165) is 0 Å². The Morgan fingerprint density at radius 3 is 1.09 bits per heavy atom. The van der Waals surface area contributed by atoms with Gasteiger partial charge in [0.25, 0.3) is 0 Å². The maximum Gasteiger partial charge on any atom is -0.0533 e. The van der Waals surface area contributed by atoms with Crippen LogP contribution in [0.2, 0.25) is 0 Å². The third kappa shape index (κ3) is 13.5. The second-order valence-corrected chi connectivity index (χ2v) is 3.12. The van der Waals surface area contributed by atoms with Gasteiger partial charge in [0.05, 0.1) is 0 Å². The summed E-state index contributed by atoms with van der Waals surface area (Å²) in [7, 11) is 0. The standard InChI is InChI=1S/C10H22.BrH/c1-3-5-7-9-10-8-6-4-2;/h3-10H2,1-2H3;1H/p-1. The lowest BCUT2D eigenvalue weighted by molar-refractivity contribution is -0.00000236. The maximum absolute atomic E-state index is 2.27. The quantitative estimate of drug-likeness (QED) is 0.567. The van der Waals surface area contributed by atoms with Crippen LogP contribution in [-0.4, -0.2) is 0 Å². The van der Waals surface area contributed by atoms with Crippen molar-refractivity contribution < 1.29 is 17.0 Å². The first-order chi connectivity index (χ1) is 4.91. The van der Waals surface area contributed by atoms with Crippen LogP contribution in [0.1, 0.15) is 65.2 Å². The van der Waals surface area contributed by atoms with Crippen LogP contribution < -0.4 is 17.0 Å². The van der Waals surface area contributed by atoms with Gasteiger partial charge in [0.15, 0.2) is 0 Å². The van der Waals surface area contributed by atoms with E-state index in [0.29, 0.717) is 0 Å². The average molecular weight is 222 g/mol. The molecule has 1 heteroatoms. The van der Waals surface area contributed by atoms with Crippen LogP contribution in [0.4, 0.5) is 0 Å². The van der Waals surface area contributed by atoms with Gasteiger partial charge in [-0.3, -0.25) is 0 Å². The Morgan fingerprint density at radius 1 is 0.545 bits per heavy atom. The molecule has 0 spiro atoms. The van der Waals surface area contributed by atoms with E-state index in [-0.39, 0.29) is 17.0 Å². The lowest BCUT2D eigenvalue weighted by atomic mass is 10.1. The number of hydrogen-bond acceptors (Lipinski definition) is 0. The summed E-state index contributed by atoms with van der Waals surface area (Å²) in [5.74, 6) is 0. The highest BCUT2D eigenvalue weighted by Gasteiger charge is 1.87. The summed E-state index contributed by atoms with van der Waals surface area (Å²) in [5, 5.41) is 0. The first-order valence-corrected chi connectivity index (χ1v) is 4.91. The third-order valence-corrected chi connectivity index (χ3v) is 1.96. The van der Waals surface area contributed by atoms with Gasteiger partial charge in [-0.15, -0.1) is 0 Å². The van der Waals surface area contributed by atoms with Crippen molar-refractivity contribution in [2.75, 3.05) is 0 Å². The average Bonchev–Trinajstić information content (AvgIpc) is 1.97. The Bertz CT molecular complexity index is 44.8. The van der Waals surface area contributed by atoms with E-state index >= 15 is 0 Å². The Kier molecular flexibility index (Phi) is 16.7. The van der Waals surface area contributed by atoms with Crippen LogP contribution in [0.3, 0.4) is 0 Å². The zero-order valence-electron chi connectivity index (χ0n) is 8.03. The molecule has 0 nitrogen and oxygen atoms in total. The Morgan fingerprint density at radius 2 is 0.818 bits per heavy atom. The molecule has 0 aliphatic rings. The monoisotopic (exact) mass is 221 g/mol. The molecule has 11 heavy (non-hydrogen) atoms. The summed E-state index contributed by atoms with van der Waals surface area (Å²) in [6.45, 7) is 4.54. The van der Waals surface area contributed by atoms with Crippen LogP contribution in [0.25, 0.3) is 0 Å². The second-order valence-electron chi connectivity index (χ2n) is 3.12. The van der Waals surface area contributed by atoms with E-state index in [2.05, 4.69) is 13.8 Å². The van der Waals surface area contributed by atoms with Gasteiger partial charge in [-0.05, 0) is 0 Å². The lowest BCUT2D eigenvalue weighted by Crippen LogP contribution is -3.00. The van der Waals surface area contributed by atoms with Gasteiger partial charge in [0.2, 0.25) is 0 Å². The van der Waals surface area contributed by atoms with Crippen molar-refractivity contribution in [3.8, 4) is 0 Å². The number of hydrogen-bond donors (Lipinski definition) is 0. The molecule has 0 aromatic rings. The van der Waals surface area contributed by atoms with E-state index in [4.69, 9.17) is 0 Å². The van der Waals surface area contributed by atoms with E-state index in [1.54, 1.807) is 0 Å². The summed E-state index contributed by atoms with van der Waals surface area (Å²) in [4.78, 5) is 0. The number of unbranched alkanes of at least 4 members (excludes halogenated alkanes) is 7. The van der Waals surface area contributed by atoms with Crippen LogP contribution in [0.5, 0.6) is 0 Å². The molecule has 0 aromatic heterocycles. The Hall–Kier alpha value is 0.480. The van der Waals surface area contributed by atoms with Crippen molar-refractivity contribution in [2.45, 2.75) is 65.2 Å². The van der Waals surface area contributed by atoms with E-state index in [1.807, 2.05) is 0 Å². The number of rotatable bonds is 7. The predicted octanol–water partition coefficient (Wildman–Crippen LogP) is 1.15. The molecule has 0 heterocycles. The minimum atomic E-state index is 0. The van der Waals surface area contributed by atoms with Crippen molar-refractivity contribution in [1.82, 2.24) is 0 Å². The SMILES string of the molecule is CCCCCCCCCC.[Br-]. The van der Waals surface area contributed by atoms with Gasteiger partial charge < -0.3 is 17.0 Å². The van der Waals surface area contributed by atoms with Crippen molar-refractivity contribution in [1.29, 1.82) is 0 Å². The van der Waals surface area contributed by atoms with Crippen LogP contribution in [-0.2, 0) is 0 Å². The molecule has 0 amide bonds. The molecule has 0 aromatic carbocycles. The smallest absolute Gasteiger partial charge is 0.0533 e. The Balaban J connectivity index is 0. The molecule has 0 rings (SSSR count). The molecule has 0 atom stereocenters. The fraction of sp³-hybridized carbons (Fsp3) is 1.00. The molecule has 0 radical (unpaired) electrons. The van der Waals surface area contributed by atoms with Gasteiger partial charge >= 0.3 is 0 Å². The summed E-state index contributed by atoms with van der Waals surface area (Å²) >= 11 is 0. The summed E-state index contributed by atoms with van der Waals surface area (Å²) in [5.41, 5.74) is 0. The normalized spacial score (nSPS) is 9.27. The molecule has 0 fully saturated rings. The highest BCUT2D eigenvalue weighted by Crippen LogP contribution is 2.07. The topological polar surface area (TPSA) is 0 Å². The van der Waals surface area contributed by atoms with Crippen molar-refractivity contribution in [3.05, 3.63) is 0 Å². The summed E-state index contributed by atoms with van der Waals surface area (Å²) in [6, 6.07) is 0. The molecule has 0 saturated heterocycles.